The third-order valence-corrected chi connectivity index (χ3v) is 3.95. The van der Waals surface area contributed by atoms with Gasteiger partial charge >= 0.3 is 0 Å². The molecule has 0 unspecified atom stereocenters. The van der Waals surface area contributed by atoms with E-state index >= 15 is 0 Å². The summed E-state index contributed by atoms with van der Waals surface area (Å²) in [6, 6.07) is 6.24. The molecule has 29 heavy (non-hydrogen) atoms. The minimum atomic E-state index is 0.367. The summed E-state index contributed by atoms with van der Waals surface area (Å²) in [4.78, 5) is 12.7. The molecule has 3 aromatic rings. The SMILES string of the molecule is CC.CCC.CO.COc1nc(C(C)C)ccc1-c1nc2c(C)c[nH]c2cc1C. The summed E-state index contributed by atoms with van der Waals surface area (Å²) < 4.78 is 5.51. The number of fused-ring (bicyclic) bond motifs is 1. The number of methoxy groups -OCH3 is 1. The standard InChI is InChI=1S/C18H21N3O.C3H8.C2H6.CH4O/c1-10(2)14-7-6-13(18(20-14)22-5)16-11(3)8-15-17(21-16)12(4)9-19-15;1-3-2;2*1-2/h6-10,19H,1-5H3;3H2,1-2H3;1-2H3;2H,1H3. The van der Waals surface area contributed by atoms with Crippen LogP contribution in [0.1, 0.15) is 70.7 Å². The minimum Gasteiger partial charge on any atom is -0.480 e. The van der Waals surface area contributed by atoms with Crippen molar-refractivity contribution < 1.29 is 9.84 Å². The van der Waals surface area contributed by atoms with Crippen LogP contribution in [0.15, 0.2) is 24.4 Å². The lowest BCUT2D eigenvalue weighted by molar-refractivity contribution is 0.397. The molecule has 2 N–H and O–H groups in total. The molecule has 5 heteroatoms. The second-order valence-corrected chi connectivity index (χ2v) is 6.68. The maximum Gasteiger partial charge on any atom is 0.222 e. The van der Waals surface area contributed by atoms with Crippen LogP contribution in [0.25, 0.3) is 22.3 Å². The highest BCUT2D eigenvalue weighted by atomic mass is 16.5. The van der Waals surface area contributed by atoms with Gasteiger partial charge in [-0.1, -0.05) is 48.0 Å². The fraction of sp³-hybridized carbons (Fsp3) is 0.500. The molecule has 0 aliphatic carbocycles. The number of nitrogens with zero attached hydrogens (tertiary/aromatic N) is 2. The topological polar surface area (TPSA) is 71.0 Å². The van der Waals surface area contributed by atoms with Gasteiger partial charge in [-0.05, 0) is 49.1 Å². The van der Waals surface area contributed by atoms with Crippen molar-refractivity contribution in [2.45, 2.75) is 67.7 Å². The van der Waals surface area contributed by atoms with Crippen LogP contribution in [0, 0.1) is 13.8 Å². The van der Waals surface area contributed by atoms with Gasteiger partial charge < -0.3 is 14.8 Å². The number of ether oxygens (including phenoxy) is 1. The summed E-state index contributed by atoms with van der Waals surface area (Å²) >= 11 is 0. The van der Waals surface area contributed by atoms with Crippen molar-refractivity contribution in [1.82, 2.24) is 15.0 Å². The first kappa shape index (κ1) is 26.6. The lowest BCUT2D eigenvalue weighted by Crippen LogP contribution is -2.00. The van der Waals surface area contributed by atoms with E-state index in [1.54, 1.807) is 7.11 Å². The van der Waals surface area contributed by atoms with E-state index in [1.807, 2.05) is 20.0 Å². The smallest absolute Gasteiger partial charge is 0.222 e. The molecule has 3 rings (SSSR count). The quantitative estimate of drug-likeness (QED) is 0.531. The zero-order valence-corrected chi connectivity index (χ0v) is 19.8. The molecule has 3 aromatic heterocycles. The van der Waals surface area contributed by atoms with Crippen molar-refractivity contribution in [3.8, 4) is 17.1 Å². The van der Waals surface area contributed by atoms with Crippen molar-refractivity contribution in [2.75, 3.05) is 14.2 Å². The Kier molecular flexibility index (Phi) is 12.6. The molecule has 0 spiro atoms. The van der Waals surface area contributed by atoms with Crippen molar-refractivity contribution in [3.05, 3.63) is 41.2 Å². The number of aromatic amines is 1. The summed E-state index contributed by atoms with van der Waals surface area (Å²) in [5.74, 6) is 1.00. The highest BCUT2D eigenvalue weighted by molar-refractivity contribution is 5.84. The van der Waals surface area contributed by atoms with Crippen molar-refractivity contribution in [2.24, 2.45) is 0 Å². The van der Waals surface area contributed by atoms with E-state index in [1.165, 1.54) is 6.42 Å². The Morgan fingerprint density at radius 1 is 1.03 bits per heavy atom. The number of aliphatic hydroxyl groups is 1. The van der Waals surface area contributed by atoms with Crippen LogP contribution in [0.3, 0.4) is 0 Å². The zero-order valence-electron chi connectivity index (χ0n) is 19.8. The summed E-state index contributed by atoms with van der Waals surface area (Å²) in [6.07, 6.45) is 3.23. The van der Waals surface area contributed by atoms with E-state index in [2.05, 4.69) is 69.7 Å². The monoisotopic (exact) mass is 401 g/mol. The number of aromatic nitrogens is 3. The predicted octanol–water partition coefficient (Wildman–Crippen LogP) is 6.42. The van der Waals surface area contributed by atoms with Gasteiger partial charge in [0.05, 0.1) is 29.4 Å². The number of hydrogen-bond donors (Lipinski definition) is 2. The molecule has 5 nitrogen and oxygen atoms in total. The van der Waals surface area contributed by atoms with Crippen molar-refractivity contribution in [3.63, 3.8) is 0 Å². The second kappa shape index (κ2) is 13.7. The summed E-state index contributed by atoms with van der Waals surface area (Å²) in [6.45, 7) is 16.6. The highest BCUT2D eigenvalue weighted by Gasteiger charge is 2.15. The average molecular weight is 402 g/mol. The van der Waals surface area contributed by atoms with E-state index in [4.69, 9.17) is 14.8 Å². The second-order valence-electron chi connectivity index (χ2n) is 6.68. The number of hydrogen-bond acceptors (Lipinski definition) is 4. The van der Waals surface area contributed by atoms with Gasteiger partial charge in [-0.25, -0.2) is 9.97 Å². The van der Waals surface area contributed by atoms with Crippen LogP contribution in [-0.2, 0) is 0 Å². The molecule has 0 amide bonds. The van der Waals surface area contributed by atoms with E-state index in [0.717, 1.165) is 46.2 Å². The van der Waals surface area contributed by atoms with Gasteiger partial charge in [-0.3, -0.25) is 0 Å². The third kappa shape index (κ3) is 6.86. The van der Waals surface area contributed by atoms with E-state index in [-0.39, 0.29) is 0 Å². The summed E-state index contributed by atoms with van der Waals surface area (Å²) in [7, 11) is 2.66. The first-order chi connectivity index (χ1) is 13.9. The maximum absolute atomic E-state index is 7.00. The van der Waals surface area contributed by atoms with Gasteiger partial charge in [0.25, 0.3) is 0 Å². The lowest BCUT2D eigenvalue weighted by Gasteiger charge is -2.13. The zero-order chi connectivity index (χ0) is 22.6. The molecular formula is C24H39N3O2. The molecule has 3 heterocycles. The molecule has 0 aromatic carbocycles. The van der Waals surface area contributed by atoms with Gasteiger partial charge in [0.1, 0.15) is 0 Å². The molecule has 0 saturated carbocycles. The number of aliphatic hydroxyl groups excluding tert-OH is 1. The highest BCUT2D eigenvalue weighted by Crippen LogP contribution is 2.32. The van der Waals surface area contributed by atoms with Gasteiger partial charge in [0.2, 0.25) is 5.88 Å². The van der Waals surface area contributed by atoms with Crippen LogP contribution in [0.5, 0.6) is 5.88 Å². The molecule has 162 valence electrons. The number of pyridine rings is 2. The Morgan fingerprint density at radius 3 is 2.14 bits per heavy atom. The van der Waals surface area contributed by atoms with Crippen LogP contribution in [-0.4, -0.2) is 34.3 Å². The minimum absolute atomic E-state index is 0.367. The van der Waals surface area contributed by atoms with Crippen LogP contribution in [0.2, 0.25) is 0 Å². The normalized spacial score (nSPS) is 9.66. The van der Waals surface area contributed by atoms with Crippen LogP contribution in [0.4, 0.5) is 0 Å². The van der Waals surface area contributed by atoms with Gasteiger partial charge in [-0.2, -0.15) is 0 Å². The summed E-state index contributed by atoms with van der Waals surface area (Å²) in [5, 5.41) is 7.00. The fourth-order valence-corrected chi connectivity index (χ4v) is 2.66. The molecule has 0 fully saturated rings. The molecule has 0 radical (unpaired) electrons. The molecule has 0 atom stereocenters. The first-order valence-corrected chi connectivity index (χ1v) is 10.4. The molecular weight excluding hydrogens is 362 g/mol. The Labute approximate surface area is 176 Å². The molecule has 0 saturated heterocycles. The first-order valence-electron chi connectivity index (χ1n) is 10.4. The largest absolute Gasteiger partial charge is 0.480 e. The van der Waals surface area contributed by atoms with Crippen molar-refractivity contribution in [1.29, 1.82) is 0 Å². The summed E-state index contributed by atoms with van der Waals surface area (Å²) in [5.41, 5.74) is 7.19. The number of H-pyrrole nitrogens is 1. The Hall–Kier alpha value is -2.40. The van der Waals surface area contributed by atoms with Crippen molar-refractivity contribution >= 4 is 11.0 Å². The van der Waals surface area contributed by atoms with E-state index in [9.17, 15) is 0 Å². The Bertz CT molecular complexity index is 855. The van der Waals surface area contributed by atoms with Crippen LogP contribution >= 0.6 is 0 Å². The molecule has 0 bridgehead atoms. The van der Waals surface area contributed by atoms with E-state index in [0.29, 0.717) is 11.8 Å². The predicted molar refractivity (Wildman–Crippen MR) is 125 cm³/mol. The fourth-order valence-electron chi connectivity index (χ4n) is 2.66. The number of nitrogens with one attached hydrogen (secondary N) is 1. The average Bonchev–Trinajstić information content (AvgIpc) is 3.10. The van der Waals surface area contributed by atoms with Gasteiger partial charge in [0, 0.05) is 19.0 Å². The maximum atomic E-state index is 7.00. The Balaban J connectivity index is 0.00000100. The van der Waals surface area contributed by atoms with Gasteiger partial charge in [0.15, 0.2) is 0 Å². The number of rotatable bonds is 3. The van der Waals surface area contributed by atoms with Gasteiger partial charge in [-0.15, -0.1) is 0 Å². The third-order valence-electron chi connectivity index (χ3n) is 3.95. The Morgan fingerprint density at radius 2 is 1.62 bits per heavy atom. The molecule has 0 aliphatic rings. The number of aryl methyl sites for hydroxylation is 2. The van der Waals surface area contributed by atoms with E-state index < -0.39 is 0 Å². The van der Waals surface area contributed by atoms with Crippen LogP contribution < -0.4 is 4.74 Å². The molecule has 0 aliphatic heterocycles. The lowest BCUT2D eigenvalue weighted by atomic mass is 10.0.